The van der Waals surface area contributed by atoms with E-state index in [4.69, 9.17) is 4.99 Å². The number of aliphatic imine (C=N–C) groups is 1. The SMILES string of the molecule is CCNC(=NCC1(CCO)CCCCC1)NCCN1CCN(C(C)=O)CC1.I. The predicted molar refractivity (Wildman–Crippen MR) is 125 cm³/mol. The summed E-state index contributed by atoms with van der Waals surface area (Å²) in [7, 11) is 0. The maximum Gasteiger partial charge on any atom is 0.219 e. The highest BCUT2D eigenvalue weighted by Crippen LogP contribution is 2.39. The molecule has 1 amide bonds. The summed E-state index contributed by atoms with van der Waals surface area (Å²) in [5.74, 6) is 1.05. The van der Waals surface area contributed by atoms with Gasteiger partial charge >= 0.3 is 0 Å². The van der Waals surface area contributed by atoms with E-state index >= 15 is 0 Å². The number of hydrogen-bond acceptors (Lipinski definition) is 4. The Morgan fingerprint density at radius 1 is 1.11 bits per heavy atom. The average molecular weight is 509 g/mol. The minimum atomic E-state index is 0. The van der Waals surface area contributed by atoms with Crippen LogP contribution < -0.4 is 10.6 Å². The van der Waals surface area contributed by atoms with Crippen LogP contribution in [0.1, 0.15) is 52.4 Å². The first-order valence-corrected chi connectivity index (χ1v) is 10.7. The van der Waals surface area contributed by atoms with Crippen molar-refractivity contribution in [1.29, 1.82) is 0 Å². The van der Waals surface area contributed by atoms with Crippen LogP contribution in [0.3, 0.4) is 0 Å². The Morgan fingerprint density at radius 3 is 2.36 bits per heavy atom. The van der Waals surface area contributed by atoms with Crippen LogP contribution in [0.25, 0.3) is 0 Å². The molecular formula is C20H40IN5O2. The number of nitrogens with zero attached hydrogens (tertiary/aromatic N) is 3. The van der Waals surface area contributed by atoms with E-state index in [1.54, 1.807) is 6.92 Å². The molecule has 0 aromatic carbocycles. The molecule has 3 N–H and O–H groups in total. The van der Waals surface area contributed by atoms with Gasteiger partial charge in [-0.2, -0.15) is 0 Å². The molecule has 1 aliphatic carbocycles. The summed E-state index contributed by atoms with van der Waals surface area (Å²) in [6.45, 7) is 11.0. The molecule has 2 rings (SSSR count). The van der Waals surface area contributed by atoms with Crippen LogP contribution in [-0.2, 0) is 4.79 Å². The maximum absolute atomic E-state index is 11.4. The molecule has 7 nitrogen and oxygen atoms in total. The van der Waals surface area contributed by atoms with Crippen LogP contribution in [0.5, 0.6) is 0 Å². The Morgan fingerprint density at radius 2 is 1.79 bits per heavy atom. The van der Waals surface area contributed by atoms with E-state index in [1.165, 1.54) is 32.1 Å². The zero-order valence-electron chi connectivity index (χ0n) is 17.7. The number of aliphatic hydroxyl groups is 1. The van der Waals surface area contributed by atoms with Crippen LogP contribution in [0.15, 0.2) is 4.99 Å². The van der Waals surface area contributed by atoms with E-state index in [-0.39, 0.29) is 41.9 Å². The lowest BCUT2D eigenvalue weighted by molar-refractivity contribution is -0.130. The van der Waals surface area contributed by atoms with Gasteiger partial charge in [-0.1, -0.05) is 19.3 Å². The van der Waals surface area contributed by atoms with Crippen molar-refractivity contribution in [2.75, 3.05) is 59.0 Å². The molecule has 8 heteroatoms. The molecule has 28 heavy (non-hydrogen) atoms. The van der Waals surface area contributed by atoms with Crippen LogP contribution >= 0.6 is 24.0 Å². The zero-order valence-corrected chi connectivity index (χ0v) is 20.0. The zero-order chi connectivity index (χ0) is 19.5. The molecule has 1 heterocycles. The summed E-state index contributed by atoms with van der Waals surface area (Å²) in [4.78, 5) is 20.6. The maximum atomic E-state index is 11.4. The summed E-state index contributed by atoms with van der Waals surface area (Å²) in [6.07, 6.45) is 7.04. The highest BCUT2D eigenvalue weighted by molar-refractivity contribution is 14.0. The van der Waals surface area contributed by atoms with Gasteiger partial charge in [-0.3, -0.25) is 14.7 Å². The normalized spacial score (nSPS) is 20.4. The number of hydrogen-bond donors (Lipinski definition) is 3. The molecule has 1 saturated heterocycles. The molecule has 0 aromatic heterocycles. The number of nitrogens with one attached hydrogen (secondary N) is 2. The molecule has 0 aromatic rings. The number of carbonyl (C=O) groups is 1. The molecule has 0 atom stereocenters. The minimum absolute atomic E-state index is 0. The van der Waals surface area contributed by atoms with Gasteiger partial charge in [-0.15, -0.1) is 24.0 Å². The summed E-state index contributed by atoms with van der Waals surface area (Å²) in [6, 6.07) is 0. The van der Waals surface area contributed by atoms with Crippen molar-refractivity contribution in [3.05, 3.63) is 0 Å². The van der Waals surface area contributed by atoms with E-state index < -0.39 is 0 Å². The van der Waals surface area contributed by atoms with Crippen molar-refractivity contribution in [2.24, 2.45) is 10.4 Å². The van der Waals surface area contributed by atoms with E-state index in [0.29, 0.717) is 0 Å². The topological polar surface area (TPSA) is 80.2 Å². The molecule has 0 radical (unpaired) electrons. The van der Waals surface area contributed by atoms with Gasteiger partial charge in [0.2, 0.25) is 5.91 Å². The van der Waals surface area contributed by atoms with Gasteiger partial charge in [0.05, 0.1) is 0 Å². The van der Waals surface area contributed by atoms with Crippen molar-refractivity contribution in [3.8, 4) is 0 Å². The van der Waals surface area contributed by atoms with Crippen molar-refractivity contribution >= 4 is 35.8 Å². The Balaban J connectivity index is 0.00000392. The second-order valence-corrected chi connectivity index (χ2v) is 8.00. The van der Waals surface area contributed by atoms with E-state index in [9.17, 15) is 9.90 Å². The standard InChI is InChI=1S/C20H39N5O2.HI/c1-3-21-19(23-17-20(9-16-26)7-5-4-6-8-20)22-10-11-24-12-14-25(15-13-24)18(2)27;/h26H,3-17H2,1-2H3,(H2,21,22,23);1H. The smallest absolute Gasteiger partial charge is 0.219 e. The Kier molecular flexibility index (Phi) is 12.3. The summed E-state index contributed by atoms with van der Waals surface area (Å²) in [5.41, 5.74) is 0.179. The highest BCUT2D eigenvalue weighted by Gasteiger charge is 2.31. The Labute approximate surface area is 187 Å². The number of halogens is 1. The fraction of sp³-hybridized carbons (Fsp3) is 0.900. The predicted octanol–water partition coefficient (Wildman–Crippen LogP) is 1.66. The molecule has 0 bridgehead atoms. The van der Waals surface area contributed by atoms with E-state index in [0.717, 1.165) is 64.7 Å². The van der Waals surface area contributed by atoms with Crippen molar-refractivity contribution in [2.45, 2.75) is 52.4 Å². The number of aliphatic hydroxyl groups excluding tert-OH is 1. The quantitative estimate of drug-likeness (QED) is 0.264. The number of carbonyl (C=O) groups excluding carboxylic acids is 1. The fourth-order valence-electron chi connectivity index (χ4n) is 4.23. The first-order valence-electron chi connectivity index (χ1n) is 10.7. The van der Waals surface area contributed by atoms with Gasteiger partial charge in [-0.25, -0.2) is 0 Å². The molecule has 2 fully saturated rings. The number of amides is 1. The minimum Gasteiger partial charge on any atom is -0.396 e. The van der Waals surface area contributed by atoms with Gasteiger partial charge in [0, 0.05) is 65.9 Å². The third-order valence-electron chi connectivity index (χ3n) is 6.01. The van der Waals surface area contributed by atoms with Gasteiger partial charge < -0.3 is 20.6 Å². The molecule has 2 aliphatic rings. The van der Waals surface area contributed by atoms with Crippen molar-refractivity contribution in [3.63, 3.8) is 0 Å². The van der Waals surface area contributed by atoms with Crippen LogP contribution in [-0.4, -0.2) is 85.7 Å². The van der Waals surface area contributed by atoms with Crippen LogP contribution in [0, 0.1) is 5.41 Å². The number of piperazine rings is 1. The molecule has 0 spiro atoms. The summed E-state index contributed by atoms with van der Waals surface area (Å²) >= 11 is 0. The van der Waals surface area contributed by atoms with E-state index in [1.807, 2.05) is 4.90 Å². The lowest BCUT2D eigenvalue weighted by atomic mass is 9.72. The summed E-state index contributed by atoms with van der Waals surface area (Å²) in [5, 5.41) is 16.3. The highest BCUT2D eigenvalue weighted by atomic mass is 127. The molecule has 1 aliphatic heterocycles. The fourth-order valence-corrected chi connectivity index (χ4v) is 4.23. The van der Waals surface area contributed by atoms with Gasteiger partial charge in [-0.05, 0) is 31.6 Å². The van der Waals surface area contributed by atoms with Crippen LogP contribution in [0.4, 0.5) is 0 Å². The average Bonchev–Trinajstić information content (AvgIpc) is 2.67. The van der Waals surface area contributed by atoms with Gasteiger partial charge in [0.25, 0.3) is 0 Å². The van der Waals surface area contributed by atoms with Gasteiger partial charge in [0.15, 0.2) is 5.96 Å². The van der Waals surface area contributed by atoms with Gasteiger partial charge in [0.1, 0.15) is 0 Å². The third-order valence-corrected chi connectivity index (χ3v) is 6.01. The van der Waals surface area contributed by atoms with E-state index in [2.05, 4.69) is 22.5 Å². The van der Waals surface area contributed by atoms with Crippen molar-refractivity contribution < 1.29 is 9.90 Å². The first kappa shape index (κ1) is 25.4. The lowest BCUT2D eigenvalue weighted by Crippen LogP contribution is -2.50. The monoisotopic (exact) mass is 509 g/mol. The lowest BCUT2D eigenvalue weighted by Gasteiger charge is -2.36. The first-order chi connectivity index (χ1) is 13.1. The third kappa shape index (κ3) is 8.41. The second-order valence-electron chi connectivity index (χ2n) is 8.00. The molecule has 1 saturated carbocycles. The molecular weight excluding hydrogens is 469 g/mol. The summed E-state index contributed by atoms with van der Waals surface area (Å²) < 4.78 is 0. The molecule has 164 valence electrons. The largest absolute Gasteiger partial charge is 0.396 e. The van der Waals surface area contributed by atoms with Crippen molar-refractivity contribution in [1.82, 2.24) is 20.4 Å². The molecule has 0 unspecified atom stereocenters. The number of rotatable bonds is 8. The second kappa shape index (κ2) is 13.6. The Hall–Kier alpha value is -0.610. The van der Waals surface area contributed by atoms with Crippen LogP contribution in [0.2, 0.25) is 0 Å². The number of guanidine groups is 1. The Bertz CT molecular complexity index is 470.